The van der Waals surface area contributed by atoms with Gasteiger partial charge >= 0.3 is 0 Å². The maximum Gasteiger partial charge on any atom is 0.232 e. The molecule has 12 heteroatoms. The van der Waals surface area contributed by atoms with Gasteiger partial charge in [-0.05, 0) is 37.5 Å². The van der Waals surface area contributed by atoms with E-state index in [1.165, 1.54) is 18.3 Å². The van der Waals surface area contributed by atoms with Crippen LogP contribution in [0.25, 0.3) is 22.7 Å². The largest absolute Gasteiger partial charge is 0.438 e. The number of ether oxygens (including phenoxy) is 1. The van der Waals surface area contributed by atoms with Gasteiger partial charge in [-0.2, -0.15) is 5.26 Å². The van der Waals surface area contributed by atoms with Crippen LogP contribution in [0.5, 0.6) is 0 Å². The van der Waals surface area contributed by atoms with Crippen molar-refractivity contribution in [3.05, 3.63) is 42.2 Å². The Bertz CT molecular complexity index is 1350. The molecule has 1 aliphatic heterocycles. The summed E-state index contributed by atoms with van der Waals surface area (Å²) in [5.74, 6) is 0.0935. The molecular weight excluding hydrogens is 487 g/mol. The molecule has 0 saturated carbocycles. The van der Waals surface area contributed by atoms with E-state index in [-0.39, 0.29) is 40.8 Å². The number of sulfonamides is 1. The zero-order valence-electron chi connectivity index (χ0n) is 19.8. The van der Waals surface area contributed by atoms with Gasteiger partial charge in [-0.15, -0.1) is 0 Å². The fourth-order valence-electron chi connectivity index (χ4n) is 3.89. The van der Waals surface area contributed by atoms with Crippen LogP contribution in [0.15, 0.2) is 34.9 Å². The summed E-state index contributed by atoms with van der Waals surface area (Å²) in [6, 6.07) is 8.12. The molecule has 3 heterocycles. The Morgan fingerprint density at radius 1 is 1.22 bits per heavy atom. The van der Waals surface area contributed by atoms with E-state index in [1.54, 1.807) is 19.1 Å². The quantitative estimate of drug-likeness (QED) is 0.378. The number of oxazole rings is 1. The highest BCUT2D eigenvalue weighted by molar-refractivity contribution is 7.92. The first-order chi connectivity index (χ1) is 17.4. The summed E-state index contributed by atoms with van der Waals surface area (Å²) in [4.78, 5) is 13.3. The molecule has 1 aliphatic rings. The molecule has 3 aromatic rings. The smallest absolute Gasteiger partial charge is 0.232 e. The Morgan fingerprint density at radius 3 is 2.78 bits per heavy atom. The molecule has 4 rings (SSSR count). The third kappa shape index (κ3) is 5.98. The Labute approximate surface area is 209 Å². The van der Waals surface area contributed by atoms with Crippen LogP contribution in [0.1, 0.15) is 44.4 Å². The molecule has 2 N–H and O–H groups in total. The molecule has 36 heavy (non-hydrogen) atoms. The minimum Gasteiger partial charge on any atom is -0.438 e. The van der Waals surface area contributed by atoms with Gasteiger partial charge in [0.25, 0.3) is 0 Å². The molecule has 10 nitrogen and oxygen atoms in total. The molecule has 0 unspecified atom stereocenters. The highest BCUT2D eigenvalue weighted by Gasteiger charge is 2.28. The van der Waals surface area contributed by atoms with Crippen molar-refractivity contribution in [2.24, 2.45) is 0 Å². The Kier molecular flexibility index (Phi) is 8.12. The monoisotopic (exact) mass is 514 g/mol. The zero-order chi connectivity index (χ0) is 25.5. The first-order valence-electron chi connectivity index (χ1n) is 11.7. The lowest BCUT2D eigenvalue weighted by Gasteiger charge is -2.18. The van der Waals surface area contributed by atoms with Gasteiger partial charge in [0.1, 0.15) is 11.4 Å². The minimum absolute atomic E-state index is 0.00406. The molecule has 190 valence electrons. The van der Waals surface area contributed by atoms with Crippen LogP contribution in [-0.2, 0) is 14.8 Å². The van der Waals surface area contributed by atoms with Crippen molar-refractivity contribution in [3.8, 4) is 28.8 Å². The molecule has 2 aromatic heterocycles. The van der Waals surface area contributed by atoms with Gasteiger partial charge in [0.05, 0.1) is 23.9 Å². The summed E-state index contributed by atoms with van der Waals surface area (Å²) in [5, 5.41) is 11.7. The van der Waals surface area contributed by atoms with Crippen molar-refractivity contribution < 1.29 is 22.0 Å². The second-order valence-electron chi connectivity index (χ2n) is 8.30. The summed E-state index contributed by atoms with van der Waals surface area (Å²) in [6.45, 7) is 3.24. The van der Waals surface area contributed by atoms with E-state index in [9.17, 15) is 8.42 Å². The van der Waals surface area contributed by atoms with Gasteiger partial charge in [0.15, 0.2) is 17.5 Å². The first-order valence-corrected chi connectivity index (χ1v) is 13.4. The van der Waals surface area contributed by atoms with E-state index in [2.05, 4.69) is 25.0 Å². The maximum atomic E-state index is 15.7. The Morgan fingerprint density at radius 2 is 2.03 bits per heavy atom. The van der Waals surface area contributed by atoms with Crippen LogP contribution >= 0.6 is 0 Å². The number of hydrogen-bond acceptors (Lipinski definition) is 9. The molecule has 0 spiro atoms. The van der Waals surface area contributed by atoms with Crippen molar-refractivity contribution in [2.45, 2.75) is 38.5 Å². The van der Waals surface area contributed by atoms with E-state index in [4.69, 9.17) is 14.4 Å². The molecule has 0 radical (unpaired) electrons. The molecule has 0 amide bonds. The maximum absolute atomic E-state index is 15.7. The SMILES string of the molecule is CCCS(=O)(=O)Nc1cccc(-c2nc(C3CCOCC3)oc2-c2ccnc(NCCC#N)n2)c1F. The number of benzene rings is 1. The average Bonchev–Trinajstić information content (AvgIpc) is 3.31. The number of anilines is 2. The number of nitrogens with one attached hydrogen (secondary N) is 2. The fraction of sp³-hybridized carbons (Fsp3) is 0.417. The summed E-state index contributed by atoms with van der Waals surface area (Å²) in [7, 11) is -3.70. The van der Waals surface area contributed by atoms with Gasteiger partial charge in [-0.1, -0.05) is 13.0 Å². The van der Waals surface area contributed by atoms with E-state index >= 15 is 4.39 Å². The minimum atomic E-state index is -3.70. The highest BCUT2D eigenvalue weighted by atomic mass is 32.2. The second kappa shape index (κ2) is 11.5. The number of nitrogens with zero attached hydrogens (tertiary/aromatic N) is 4. The van der Waals surface area contributed by atoms with Crippen LogP contribution in [0, 0.1) is 17.1 Å². The summed E-state index contributed by atoms with van der Waals surface area (Å²) in [5.41, 5.74) is 0.513. The Hall–Kier alpha value is -3.56. The lowest BCUT2D eigenvalue weighted by Crippen LogP contribution is -2.17. The number of hydrogen-bond donors (Lipinski definition) is 2. The van der Waals surface area contributed by atoms with Gasteiger partial charge in [0.2, 0.25) is 16.0 Å². The summed E-state index contributed by atoms with van der Waals surface area (Å²) in [6.07, 6.45) is 3.63. The molecule has 0 atom stereocenters. The Balaban J connectivity index is 1.78. The number of aromatic nitrogens is 3. The molecule has 1 fully saturated rings. The lowest BCUT2D eigenvalue weighted by molar-refractivity contribution is 0.0796. The highest BCUT2D eigenvalue weighted by Crippen LogP contribution is 2.39. The number of halogens is 1. The molecular formula is C24H27FN6O4S. The van der Waals surface area contributed by atoms with Crippen molar-refractivity contribution >= 4 is 21.7 Å². The van der Waals surface area contributed by atoms with Gasteiger partial charge in [0, 0.05) is 37.4 Å². The number of nitriles is 1. The second-order valence-corrected chi connectivity index (χ2v) is 10.1. The molecule has 1 saturated heterocycles. The van der Waals surface area contributed by atoms with Crippen molar-refractivity contribution in [1.29, 1.82) is 5.26 Å². The third-order valence-corrected chi connectivity index (χ3v) is 7.09. The zero-order valence-corrected chi connectivity index (χ0v) is 20.6. The van der Waals surface area contributed by atoms with Crippen LogP contribution in [0.2, 0.25) is 0 Å². The van der Waals surface area contributed by atoms with Gasteiger partial charge < -0.3 is 14.5 Å². The molecule has 0 bridgehead atoms. The fourth-order valence-corrected chi connectivity index (χ4v) is 5.03. The van der Waals surface area contributed by atoms with Crippen molar-refractivity contribution in [3.63, 3.8) is 0 Å². The molecule has 0 aliphatic carbocycles. The van der Waals surface area contributed by atoms with Crippen molar-refractivity contribution in [2.75, 3.05) is 35.6 Å². The van der Waals surface area contributed by atoms with Crippen LogP contribution < -0.4 is 10.0 Å². The third-order valence-electron chi connectivity index (χ3n) is 5.61. The van der Waals surface area contributed by atoms with E-state index in [1.807, 2.05) is 6.07 Å². The predicted octanol–water partition coefficient (Wildman–Crippen LogP) is 4.31. The normalized spacial score (nSPS) is 14.4. The van der Waals surface area contributed by atoms with Gasteiger partial charge in [-0.3, -0.25) is 4.72 Å². The standard InChI is InChI=1S/C24H27FN6O4S/c1-2-15-36(32,33)31-18-6-3-5-17(20(18)25)21-22(35-23(30-21)16-8-13-34-14-9-16)19-7-12-28-24(29-19)27-11-4-10-26/h3,5-7,12,16,31H,2,4,8-9,11,13-15H2,1H3,(H,27,28,29). The molecule has 1 aromatic carbocycles. The van der Waals surface area contributed by atoms with E-state index in [0.717, 1.165) is 0 Å². The lowest BCUT2D eigenvalue weighted by atomic mass is 10.0. The summed E-state index contributed by atoms with van der Waals surface area (Å²) < 4.78 is 54.1. The van der Waals surface area contributed by atoms with Crippen molar-refractivity contribution in [1.82, 2.24) is 15.0 Å². The van der Waals surface area contributed by atoms with E-state index in [0.29, 0.717) is 56.6 Å². The predicted molar refractivity (Wildman–Crippen MR) is 132 cm³/mol. The van der Waals surface area contributed by atoms with Gasteiger partial charge in [-0.25, -0.2) is 27.8 Å². The first kappa shape index (κ1) is 25.5. The van der Waals surface area contributed by atoms with E-state index < -0.39 is 15.8 Å². The average molecular weight is 515 g/mol. The van der Waals surface area contributed by atoms with Crippen LogP contribution in [0.3, 0.4) is 0 Å². The number of rotatable bonds is 10. The van der Waals surface area contributed by atoms with Crippen LogP contribution in [-0.4, -0.2) is 48.9 Å². The summed E-state index contributed by atoms with van der Waals surface area (Å²) >= 11 is 0. The van der Waals surface area contributed by atoms with Crippen LogP contribution in [0.4, 0.5) is 16.0 Å². The topological polar surface area (TPSA) is 143 Å².